The van der Waals surface area contributed by atoms with Crippen molar-refractivity contribution in [1.29, 1.82) is 0 Å². The topological polar surface area (TPSA) is 80.3 Å². The third-order valence-corrected chi connectivity index (χ3v) is 9.68. The molecule has 0 amide bonds. The molecule has 8 heteroatoms. The molecular weight excluding hydrogens is 462 g/mol. The molecule has 0 unspecified atom stereocenters. The molecule has 1 N–H and O–H groups in total. The average molecular weight is 490 g/mol. The SMILES string of the molecule is Cc1ccc(S(=O)(=O)Sc2cc(C)c(NS(=O)(=O)c3ccccc3)cc2C(C)(C)C)cc1. The molecule has 170 valence electrons. The average Bonchev–Trinajstić information content (AvgIpc) is 2.70. The first-order valence-corrected chi connectivity index (χ1v) is 14.3. The smallest absolute Gasteiger partial charge is 0.261 e. The fourth-order valence-corrected chi connectivity index (χ4v) is 7.49. The van der Waals surface area contributed by atoms with Gasteiger partial charge in [-0.3, -0.25) is 4.72 Å². The van der Waals surface area contributed by atoms with Crippen LogP contribution in [0.15, 0.2) is 81.4 Å². The van der Waals surface area contributed by atoms with Crippen molar-refractivity contribution in [2.24, 2.45) is 0 Å². The van der Waals surface area contributed by atoms with Crippen LogP contribution in [0.25, 0.3) is 0 Å². The Balaban J connectivity index is 2.04. The first-order chi connectivity index (χ1) is 14.8. The lowest BCUT2D eigenvalue weighted by Gasteiger charge is -2.25. The molecule has 0 aromatic heterocycles. The molecule has 0 radical (unpaired) electrons. The van der Waals surface area contributed by atoms with Crippen LogP contribution in [0.3, 0.4) is 0 Å². The molecule has 3 aromatic carbocycles. The van der Waals surface area contributed by atoms with Crippen molar-refractivity contribution in [3.05, 3.63) is 83.4 Å². The molecule has 5 nitrogen and oxygen atoms in total. The van der Waals surface area contributed by atoms with Crippen LogP contribution in [0.1, 0.15) is 37.5 Å². The minimum Gasteiger partial charge on any atom is -0.279 e. The summed E-state index contributed by atoms with van der Waals surface area (Å²) in [5, 5.41) is 0. The van der Waals surface area contributed by atoms with Crippen molar-refractivity contribution in [2.75, 3.05) is 4.72 Å². The highest BCUT2D eigenvalue weighted by Gasteiger charge is 2.26. The standard InChI is InChI=1S/C24H27NO4S3/c1-17-11-13-20(14-12-17)32(28,29)30-23-15-18(2)22(16-21(23)24(3,4)5)25-31(26,27)19-9-7-6-8-10-19/h6-16,25H,1-5H3. The minimum absolute atomic E-state index is 0.164. The van der Waals surface area contributed by atoms with Crippen molar-refractivity contribution in [2.45, 2.75) is 54.7 Å². The molecule has 0 aliphatic heterocycles. The first kappa shape index (κ1) is 24.4. The molecule has 0 aliphatic rings. The van der Waals surface area contributed by atoms with E-state index in [2.05, 4.69) is 4.72 Å². The molecule has 3 aromatic rings. The van der Waals surface area contributed by atoms with Crippen LogP contribution in [0.4, 0.5) is 5.69 Å². The fraction of sp³-hybridized carbons (Fsp3) is 0.250. The molecular formula is C24H27NO4S3. The third-order valence-electron chi connectivity index (χ3n) is 4.94. The molecule has 0 fully saturated rings. The quantitative estimate of drug-likeness (QED) is 0.437. The van der Waals surface area contributed by atoms with Crippen molar-refractivity contribution >= 4 is 35.4 Å². The van der Waals surface area contributed by atoms with E-state index in [0.29, 0.717) is 16.1 Å². The molecule has 0 atom stereocenters. The predicted octanol–water partition coefficient (Wildman–Crippen LogP) is 5.88. The fourth-order valence-electron chi connectivity index (χ4n) is 3.12. The van der Waals surface area contributed by atoms with E-state index in [0.717, 1.165) is 21.9 Å². The van der Waals surface area contributed by atoms with Gasteiger partial charge in [0.15, 0.2) is 0 Å². The maximum absolute atomic E-state index is 13.1. The van der Waals surface area contributed by atoms with Gasteiger partial charge in [0.2, 0.25) is 8.87 Å². The number of sulfonamides is 1. The summed E-state index contributed by atoms with van der Waals surface area (Å²) >= 11 is 0. The Bertz CT molecular complexity index is 1320. The van der Waals surface area contributed by atoms with Crippen LogP contribution in [0.5, 0.6) is 0 Å². The summed E-state index contributed by atoms with van der Waals surface area (Å²) in [5.74, 6) is 0. The molecule has 0 spiro atoms. The Morgan fingerprint density at radius 3 is 1.94 bits per heavy atom. The van der Waals surface area contributed by atoms with E-state index in [1.54, 1.807) is 61.5 Å². The van der Waals surface area contributed by atoms with Gasteiger partial charge in [0, 0.05) is 15.7 Å². The van der Waals surface area contributed by atoms with Gasteiger partial charge in [0.25, 0.3) is 10.0 Å². The van der Waals surface area contributed by atoms with E-state index in [1.807, 2.05) is 27.7 Å². The Morgan fingerprint density at radius 1 is 0.781 bits per heavy atom. The van der Waals surface area contributed by atoms with Crippen molar-refractivity contribution in [3.8, 4) is 0 Å². The van der Waals surface area contributed by atoms with Gasteiger partial charge < -0.3 is 0 Å². The lowest BCUT2D eigenvalue weighted by atomic mass is 9.86. The van der Waals surface area contributed by atoms with Crippen LogP contribution >= 0.6 is 10.8 Å². The Labute approximate surface area is 194 Å². The summed E-state index contributed by atoms with van der Waals surface area (Å²) < 4.78 is 54.4. The Hall–Kier alpha value is -2.29. The van der Waals surface area contributed by atoms with E-state index in [9.17, 15) is 16.8 Å². The van der Waals surface area contributed by atoms with Crippen LogP contribution in [-0.2, 0) is 24.3 Å². The van der Waals surface area contributed by atoms with E-state index in [4.69, 9.17) is 0 Å². The van der Waals surface area contributed by atoms with Crippen molar-refractivity contribution < 1.29 is 16.8 Å². The zero-order chi connectivity index (χ0) is 23.7. The van der Waals surface area contributed by atoms with Gasteiger partial charge in [-0.2, -0.15) is 0 Å². The number of nitrogens with one attached hydrogen (secondary N) is 1. The molecule has 0 saturated heterocycles. The number of aryl methyl sites for hydroxylation is 2. The number of hydrogen-bond donors (Lipinski definition) is 1. The number of hydrogen-bond acceptors (Lipinski definition) is 5. The zero-order valence-corrected chi connectivity index (χ0v) is 21.2. The predicted molar refractivity (Wildman–Crippen MR) is 131 cm³/mol. The molecule has 0 saturated carbocycles. The second-order valence-corrected chi connectivity index (χ2v) is 14.2. The monoisotopic (exact) mass is 489 g/mol. The number of rotatable bonds is 6. The maximum atomic E-state index is 13.1. The number of benzene rings is 3. The van der Waals surface area contributed by atoms with Gasteiger partial charge in [-0.05, 0) is 66.8 Å². The Kier molecular flexibility index (Phi) is 6.79. The van der Waals surface area contributed by atoms with E-state index < -0.39 is 24.3 Å². The van der Waals surface area contributed by atoms with Crippen LogP contribution < -0.4 is 4.72 Å². The van der Waals surface area contributed by atoms with Crippen LogP contribution in [0, 0.1) is 13.8 Å². The van der Waals surface area contributed by atoms with Crippen molar-refractivity contribution in [3.63, 3.8) is 0 Å². The van der Waals surface area contributed by atoms with Gasteiger partial charge in [-0.25, -0.2) is 16.8 Å². The van der Waals surface area contributed by atoms with Crippen LogP contribution in [-0.4, -0.2) is 16.8 Å². The second-order valence-electron chi connectivity index (χ2n) is 8.68. The highest BCUT2D eigenvalue weighted by Crippen LogP contribution is 2.41. The normalized spacial score (nSPS) is 12.5. The maximum Gasteiger partial charge on any atom is 0.261 e. The van der Waals surface area contributed by atoms with Gasteiger partial charge in [0.05, 0.1) is 15.5 Å². The van der Waals surface area contributed by atoms with E-state index >= 15 is 0 Å². The summed E-state index contributed by atoms with van der Waals surface area (Å²) in [7, 11) is -6.62. The molecule has 0 bridgehead atoms. The lowest BCUT2D eigenvalue weighted by molar-refractivity contribution is 0.577. The zero-order valence-electron chi connectivity index (χ0n) is 18.7. The van der Waals surface area contributed by atoms with Gasteiger partial charge in [-0.15, -0.1) is 0 Å². The molecule has 0 aliphatic carbocycles. The second kappa shape index (κ2) is 8.92. The summed E-state index contributed by atoms with van der Waals surface area (Å²) in [6, 6.07) is 18.4. The van der Waals surface area contributed by atoms with Crippen LogP contribution in [0.2, 0.25) is 0 Å². The lowest BCUT2D eigenvalue weighted by Crippen LogP contribution is -2.17. The molecule has 32 heavy (non-hydrogen) atoms. The van der Waals surface area contributed by atoms with Gasteiger partial charge in [-0.1, -0.05) is 56.7 Å². The number of anilines is 1. The first-order valence-electron chi connectivity index (χ1n) is 10.0. The minimum atomic E-state index is -3.77. The summed E-state index contributed by atoms with van der Waals surface area (Å²) in [6.45, 7) is 9.57. The van der Waals surface area contributed by atoms with Crippen molar-refractivity contribution in [1.82, 2.24) is 0 Å². The van der Waals surface area contributed by atoms with Gasteiger partial charge >= 0.3 is 0 Å². The van der Waals surface area contributed by atoms with E-state index in [-0.39, 0.29) is 9.79 Å². The highest BCUT2D eigenvalue weighted by atomic mass is 33.1. The van der Waals surface area contributed by atoms with Gasteiger partial charge in [0.1, 0.15) is 0 Å². The molecule has 0 heterocycles. The Morgan fingerprint density at radius 2 is 1.38 bits per heavy atom. The van der Waals surface area contributed by atoms with E-state index in [1.165, 1.54) is 12.1 Å². The summed E-state index contributed by atoms with van der Waals surface area (Å²) in [5.41, 5.74) is 2.38. The molecule has 3 rings (SSSR count). The summed E-state index contributed by atoms with van der Waals surface area (Å²) in [4.78, 5) is 0.981. The third kappa shape index (κ3) is 5.54. The summed E-state index contributed by atoms with van der Waals surface area (Å²) in [6.07, 6.45) is 0. The highest BCUT2D eigenvalue weighted by molar-refractivity contribution is 8.72. The largest absolute Gasteiger partial charge is 0.279 e.